The predicted molar refractivity (Wildman–Crippen MR) is 131 cm³/mol. The van der Waals surface area contributed by atoms with Gasteiger partial charge in [-0.15, -0.1) is 0 Å². The quantitative estimate of drug-likeness (QED) is 0.637. The van der Waals surface area contributed by atoms with Gasteiger partial charge in [-0.2, -0.15) is 0 Å². The number of aromatic nitrogens is 1. The van der Waals surface area contributed by atoms with Gasteiger partial charge in [0.15, 0.2) is 0 Å². The van der Waals surface area contributed by atoms with Crippen molar-refractivity contribution < 1.29 is 14.3 Å². The highest BCUT2D eigenvalue weighted by atomic mass is 16.5. The molecular formula is C27H30N4O3. The average molecular weight is 459 g/mol. The molecule has 2 N–H and O–H groups in total. The number of fused-ring (bicyclic) bond motifs is 4. The lowest BCUT2D eigenvalue weighted by atomic mass is 9.97. The van der Waals surface area contributed by atoms with Crippen LogP contribution >= 0.6 is 0 Å². The Morgan fingerprint density at radius 3 is 2.79 bits per heavy atom. The number of piperazine rings is 1. The molecule has 6 rings (SSSR count). The molecule has 7 nitrogen and oxygen atoms in total. The van der Waals surface area contributed by atoms with Crippen molar-refractivity contribution in [1.82, 2.24) is 14.8 Å². The largest absolute Gasteiger partial charge is 0.497 e. The van der Waals surface area contributed by atoms with E-state index in [0.29, 0.717) is 24.0 Å². The zero-order valence-electron chi connectivity index (χ0n) is 19.7. The van der Waals surface area contributed by atoms with Gasteiger partial charge in [0, 0.05) is 35.6 Å². The molecule has 3 unspecified atom stereocenters. The van der Waals surface area contributed by atoms with Crippen molar-refractivity contribution >= 4 is 22.6 Å². The second-order valence-corrected chi connectivity index (χ2v) is 9.61. The summed E-state index contributed by atoms with van der Waals surface area (Å²) in [6.07, 6.45) is 2.25. The van der Waals surface area contributed by atoms with Crippen molar-refractivity contribution in [3.8, 4) is 5.75 Å². The van der Waals surface area contributed by atoms with Crippen LogP contribution in [0.5, 0.6) is 5.75 Å². The smallest absolute Gasteiger partial charge is 0.254 e. The van der Waals surface area contributed by atoms with E-state index >= 15 is 0 Å². The van der Waals surface area contributed by atoms with Gasteiger partial charge >= 0.3 is 0 Å². The second kappa shape index (κ2) is 8.25. The molecular weight excluding hydrogens is 428 g/mol. The summed E-state index contributed by atoms with van der Waals surface area (Å²) in [5.74, 6) is 1.40. The third kappa shape index (κ3) is 3.42. The highest BCUT2D eigenvalue weighted by Gasteiger charge is 2.39. The summed E-state index contributed by atoms with van der Waals surface area (Å²) in [6, 6.07) is 14.3. The summed E-state index contributed by atoms with van der Waals surface area (Å²) in [5.41, 5.74) is 10.8. The molecule has 0 spiro atoms. The number of rotatable bonds is 3. The molecule has 3 aliphatic heterocycles. The number of carbonyl (C=O) groups is 1. The molecule has 0 saturated carbocycles. The lowest BCUT2D eigenvalue weighted by molar-refractivity contribution is 0.0349. The lowest BCUT2D eigenvalue weighted by Gasteiger charge is -2.44. The Morgan fingerprint density at radius 2 is 2.00 bits per heavy atom. The van der Waals surface area contributed by atoms with E-state index < -0.39 is 0 Å². The predicted octanol–water partition coefficient (Wildman–Crippen LogP) is 4.08. The first-order valence-corrected chi connectivity index (χ1v) is 12.1. The van der Waals surface area contributed by atoms with Gasteiger partial charge in [-0.3, -0.25) is 9.69 Å². The third-order valence-electron chi connectivity index (χ3n) is 7.75. The fourth-order valence-corrected chi connectivity index (χ4v) is 5.92. The maximum absolute atomic E-state index is 14.0. The number of nitrogens with two attached hydrogens (primary N) is 1. The van der Waals surface area contributed by atoms with E-state index in [1.807, 2.05) is 37.3 Å². The average Bonchev–Trinajstić information content (AvgIpc) is 3.49. The summed E-state index contributed by atoms with van der Waals surface area (Å²) < 4.78 is 11.2. The number of hydrogen-bond acceptors (Lipinski definition) is 6. The van der Waals surface area contributed by atoms with Crippen LogP contribution in [0, 0.1) is 0 Å². The first-order chi connectivity index (χ1) is 16.5. The minimum atomic E-state index is -0.0823. The number of anilines is 1. The van der Waals surface area contributed by atoms with Crippen LogP contribution in [-0.2, 0) is 11.3 Å². The Labute approximate surface area is 199 Å². The number of benzene rings is 2. The van der Waals surface area contributed by atoms with Gasteiger partial charge in [-0.1, -0.05) is 12.1 Å². The SMILES string of the molecule is COc1ccc(C2CN3CCCC3CN2C(=O)c2ccc3nc(N)c4c(c3c2)COC4C)cc1. The Balaban J connectivity index is 1.39. The molecule has 4 heterocycles. The first kappa shape index (κ1) is 21.4. The van der Waals surface area contributed by atoms with Crippen LogP contribution in [0.2, 0.25) is 0 Å². The fourth-order valence-electron chi connectivity index (χ4n) is 5.92. The molecule has 34 heavy (non-hydrogen) atoms. The van der Waals surface area contributed by atoms with Gasteiger partial charge in [0.25, 0.3) is 5.91 Å². The van der Waals surface area contributed by atoms with Gasteiger partial charge in [-0.25, -0.2) is 4.98 Å². The summed E-state index contributed by atoms with van der Waals surface area (Å²) in [6.45, 7) is 5.19. The van der Waals surface area contributed by atoms with Crippen molar-refractivity contribution in [2.45, 2.75) is 44.6 Å². The highest BCUT2D eigenvalue weighted by molar-refractivity contribution is 5.99. The van der Waals surface area contributed by atoms with Crippen molar-refractivity contribution in [2.24, 2.45) is 0 Å². The van der Waals surface area contributed by atoms with Gasteiger partial charge in [0.05, 0.1) is 31.4 Å². The van der Waals surface area contributed by atoms with Crippen LogP contribution in [0.15, 0.2) is 42.5 Å². The van der Waals surface area contributed by atoms with E-state index in [4.69, 9.17) is 15.2 Å². The number of ether oxygens (including phenoxy) is 2. The number of nitrogen functional groups attached to an aromatic ring is 1. The molecule has 3 aliphatic rings. The maximum Gasteiger partial charge on any atom is 0.254 e. The number of methoxy groups -OCH3 is 1. The maximum atomic E-state index is 14.0. The third-order valence-corrected chi connectivity index (χ3v) is 7.75. The molecule has 0 aliphatic carbocycles. The number of hydrogen-bond donors (Lipinski definition) is 1. The van der Waals surface area contributed by atoms with Crippen LogP contribution in [0.1, 0.15) is 59.0 Å². The van der Waals surface area contributed by atoms with E-state index in [9.17, 15) is 4.79 Å². The van der Waals surface area contributed by atoms with E-state index in [1.165, 1.54) is 6.42 Å². The zero-order chi connectivity index (χ0) is 23.4. The first-order valence-electron chi connectivity index (χ1n) is 12.1. The minimum absolute atomic E-state index is 0.00191. The summed E-state index contributed by atoms with van der Waals surface area (Å²) >= 11 is 0. The van der Waals surface area contributed by atoms with Gasteiger partial charge in [0.1, 0.15) is 11.6 Å². The Bertz CT molecular complexity index is 1260. The van der Waals surface area contributed by atoms with Crippen LogP contribution in [0.4, 0.5) is 5.82 Å². The summed E-state index contributed by atoms with van der Waals surface area (Å²) in [5, 5.41) is 0.958. The zero-order valence-corrected chi connectivity index (χ0v) is 19.7. The van der Waals surface area contributed by atoms with Crippen LogP contribution in [-0.4, -0.2) is 53.5 Å². The van der Waals surface area contributed by atoms with Crippen LogP contribution in [0.3, 0.4) is 0 Å². The minimum Gasteiger partial charge on any atom is -0.497 e. The summed E-state index contributed by atoms with van der Waals surface area (Å²) in [7, 11) is 1.67. The van der Waals surface area contributed by atoms with Crippen LogP contribution in [0.25, 0.3) is 10.9 Å². The molecule has 2 aromatic carbocycles. The number of pyridine rings is 1. The molecule has 2 saturated heterocycles. The van der Waals surface area contributed by atoms with Gasteiger partial charge < -0.3 is 20.1 Å². The fraction of sp³-hybridized carbons (Fsp3) is 0.407. The van der Waals surface area contributed by atoms with Gasteiger partial charge in [0.2, 0.25) is 0 Å². The molecule has 7 heteroatoms. The van der Waals surface area contributed by atoms with Crippen molar-refractivity contribution in [3.05, 3.63) is 64.7 Å². The van der Waals surface area contributed by atoms with Crippen molar-refractivity contribution in [2.75, 3.05) is 32.5 Å². The monoisotopic (exact) mass is 458 g/mol. The van der Waals surface area contributed by atoms with Crippen molar-refractivity contribution in [3.63, 3.8) is 0 Å². The highest BCUT2D eigenvalue weighted by Crippen LogP contribution is 2.39. The molecule has 3 atom stereocenters. The second-order valence-electron chi connectivity index (χ2n) is 9.61. The van der Waals surface area contributed by atoms with Crippen LogP contribution < -0.4 is 10.5 Å². The Kier molecular flexibility index (Phi) is 5.19. The molecule has 0 radical (unpaired) electrons. The molecule has 1 amide bonds. The number of carbonyl (C=O) groups excluding carboxylic acids is 1. The molecule has 2 fully saturated rings. The van der Waals surface area contributed by atoms with E-state index in [2.05, 4.69) is 26.9 Å². The van der Waals surface area contributed by atoms with E-state index in [0.717, 1.165) is 59.4 Å². The molecule has 1 aromatic heterocycles. The van der Waals surface area contributed by atoms with Crippen molar-refractivity contribution in [1.29, 1.82) is 0 Å². The lowest BCUT2D eigenvalue weighted by Crippen LogP contribution is -2.53. The normalized spacial score (nSPS) is 24.3. The number of amides is 1. The Hall–Kier alpha value is -3.16. The van der Waals surface area contributed by atoms with E-state index in [-0.39, 0.29) is 18.1 Å². The van der Waals surface area contributed by atoms with E-state index in [1.54, 1.807) is 7.11 Å². The standard InChI is InChI=1S/C27H30N4O3/c1-16-25-22(15-34-16)21-12-18(7-10-23(21)29-26(25)28)27(32)31-13-19-4-3-11-30(19)14-24(31)17-5-8-20(33-2)9-6-17/h5-10,12,16,19,24H,3-4,11,13-15H2,1-2H3,(H2,28,29). The Morgan fingerprint density at radius 1 is 1.18 bits per heavy atom. The molecule has 3 aromatic rings. The number of nitrogens with zero attached hydrogens (tertiary/aromatic N) is 3. The molecule has 0 bridgehead atoms. The summed E-state index contributed by atoms with van der Waals surface area (Å²) in [4.78, 5) is 23.2. The molecule has 176 valence electrons. The topological polar surface area (TPSA) is 80.9 Å². The van der Waals surface area contributed by atoms with Gasteiger partial charge in [-0.05, 0) is 67.8 Å².